The van der Waals surface area contributed by atoms with Crippen molar-refractivity contribution >= 4 is 28.5 Å². The first-order valence-electron chi connectivity index (χ1n) is 8.56. The average Bonchev–Trinajstić information content (AvgIpc) is 2.75. The van der Waals surface area contributed by atoms with Gasteiger partial charge < -0.3 is 14.5 Å². The molecule has 0 aliphatic rings. The smallest absolute Gasteiger partial charge is 0.338 e. The zero-order valence-electron chi connectivity index (χ0n) is 15.2. The van der Waals surface area contributed by atoms with E-state index in [1.165, 1.54) is 25.4 Å². The number of para-hydroxylation sites is 1. The Labute approximate surface area is 169 Å². The molecule has 0 amide bonds. The second-order valence-electron chi connectivity index (χ2n) is 6.05. The lowest BCUT2D eigenvalue weighted by molar-refractivity contribution is 0.0600. The molecule has 0 aliphatic heterocycles. The fourth-order valence-electron chi connectivity index (χ4n) is 2.78. The first-order chi connectivity index (χ1) is 14.0. The molecule has 0 spiro atoms. The summed E-state index contributed by atoms with van der Waals surface area (Å²) in [7, 11) is 1.30. The normalized spacial score (nSPS) is 10.7. The first-order valence-corrected chi connectivity index (χ1v) is 8.94. The lowest BCUT2D eigenvalue weighted by Gasteiger charge is -2.09. The summed E-state index contributed by atoms with van der Waals surface area (Å²) < 4.78 is 10.4. The topological polar surface area (TPSA) is 94.2 Å². The molecule has 2 aromatic carbocycles. The summed E-state index contributed by atoms with van der Waals surface area (Å²) in [6.07, 6.45) is 1.44. The second kappa shape index (κ2) is 7.73. The van der Waals surface area contributed by atoms with E-state index in [2.05, 4.69) is 19.7 Å². The predicted octanol–water partition coefficient (Wildman–Crippen LogP) is 4.22. The van der Waals surface area contributed by atoms with Crippen LogP contribution in [0.5, 0.6) is 11.6 Å². The molecule has 2 heterocycles. The van der Waals surface area contributed by atoms with Crippen molar-refractivity contribution in [2.75, 3.05) is 7.11 Å². The number of carbonyl (C=O) groups is 1. The fraction of sp³-hybridized carbons (Fsp3) is 0.0476. The van der Waals surface area contributed by atoms with Gasteiger partial charge in [0.15, 0.2) is 0 Å². The van der Waals surface area contributed by atoms with Crippen molar-refractivity contribution in [1.82, 2.24) is 15.0 Å². The Kier molecular flexibility index (Phi) is 4.97. The molecule has 8 heteroatoms. The fourth-order valence-corrected chi connectivity index (χ4v) is 3.00. The average molecular weight is 408 g/mol. The van der Waals surface area contributed by atoms with Gasteiger partial charge in [-0.25, -0.2) is 14.8 Å². The molecule has 0 saturated heterocycles. The number of rotatable bonds is 4. The number of pyridine rings is 1. The molecule has 0 unspecified atom stereocenters. The predicted molar refractivity (Wildman–Crippen MR) is 108 cm³/mol. The van der Waals surface area contributed by atoms with E-state index in [0.29, 0.717) is 38.6 Å². The van der Waals surface area contributed by atoms with E-state index in [-0.39, 0.29) is 11.4 Å². The third-order valence-corrected chi connectivity index (χ3v) is 4.48. The van der Waals surface area contributed by atoms with E-state index in [1.54, 1.807) is 36.4 Å². The van der Waals surface area contributed by atoms with Crippen LogP contribution in [0.25, 0.3) is 22.3 Å². The molecule has 4 rings (SSSR count). The molecule has 7 nitrogen and oxygen atoms in total. The molecule has 0 radical (unpaired) electrons. The van der Waals surface area contributed by atoms with Crippen molar-refractivity contribution in [2.45, 2.75) is 0 Å². The standard InChI is InChI=1S/C21H14ClN3O4/c1-28-21(27)13-8-9-23-18(11-13)29-17-7-6-12(10-15(17)22)19-24-16-5-3-2-4-14(16)20(26)25-19/h2-11H,1H3,(H,24,25,26). The summed E-state index contributed by atoms with van der Waals surface area (Å²) in [4.78, 5) is 35.2. The summed E-state index contributed by atoms with van der Waals surface area (Å²) in [6, 6.07) is 15.1. The molecule has 29 heavy (non-hydrogen) atoms. The van der Waals surface area contributed by atoms with Gasteiger partial charge >= 0.3 is 5.97 Å². The molecular weight excluding hydrogens is 394 g/mol. The Balaban J connectivity index is 1.65. The van der Waals surface area contributed by atoms with E-state index < -0.39 is 5.97 Å². The van der Waals surface area contributed by atoms with E-state index in [1.807, 2.05) is 6.07 Å². The second-order valence-corrected chi connectivity index (χ2v) is 6.46. The van der Waals surface area contributed by atoms with Gasteiger partial charge in [-0.1, -0.05) is 23.7 Å². The monoisotopic (exact) mass is 407 g/mol. The lowest BCUT2D eigenvalue weighted by Crippen LogP contribution is -2.09. The van der Waals surface area contributed by atoms with Crippen LogP contribution in [0.3, 0.4) is 0 Å². The van der Waals surface area contributed by atoms with Crippen molar-refractivity contribution in [3.8, 4) is 23.0 Å². The van der Waals surface area contributed by atoms with Crippen molar-refractivity contribution in [3.63, 3.8) is 0 Å². The quantitative estimate of drug-likeness (QED) is 0.509. The molecule has 0 bridgehead atoms. The highest BCUT2D eigenvalue weighted by Crippen LogP contribution is 2.32. The van der Waals surface area contributed by atoms with Gasteiger partial charge in [-0.05, 0) is 36.4 Å². The number of carbonyl (C=O) groups excluding carboxylic acids is 1. The van der Waals surface area contributed by atoms with Gasteiger partial charge in [0, 0.05) is 17.8 Å². The minimum Gasteiger partial charge on any atom is -0.465 e. The Hall–Kier alpha value is -3.71. The molecule has 0 fully saturated rings. The third kappa shape index (κ3) is 3.81. The van der Waals surface area contributed by atoms with Crippen LogP contribution in [-0.2, 0) is 4.74 Å². The molecule has 0 saturated carbocycles. The van der Waals surface area contributed by atoms with Gasteiger partial charge in [0.25, 0.3) is 5.56 Å². The zero-order chi connectivity index (χ0) is 20.4. The minimum absolute atomic E-state index is 0.194. The number of hydrogen-bond acceptors (Lipinski definition) is 6. The number of methoxy groups -OCH3 is 1. The number of aromatic nitrogens is 3. The van der Waals surface area contributed by atoms with Crippen molar-refractivity contribution in [1.29, 1.82) is 0 Å². The van der Waals surface area contributed by atoms with Crippen LogP contribution in [-0.4, -0.2) is 28.0 Å². The highest BCUT2D eigenvalue weighted by Gasteiger charge is 2.12. The van der Waals surface area contributed by atoms with Gasteiger partial charge in [-0.15, -0.1) is 0 Å². The first kappa shape index (κ1) is 18.6. The maximum atomic E-state index is 12.3. The van der Waals surface area contributed by atoms with Crippen LogP contribution in [0.2, 0.25) is 5.02 Å². The number of fused-ring (bicyclic) bond motifs is 1. The van der Waals surface area contributed by atoms with Crippen molar-refractivity contribution in [2.24, 2.45) is 0 Å². The van der Waals surface area contributed by atoms with E-state index >= 15 is 0 Å². The number of nitrogens with zero attached hydrogens (tertiary/aromatic N) is 2. The largest absolute Gasteiger partial charge is 0.465 e. The van der Waals surface area contributed by atoms with Gasteiger partial charge in [-0.2, -0.15) is 0 Å². The summed E-state index contributed by atoms with van der Waals surface area (Å²) in [5.74, 6) is 0.436. The van der Waals surface area contributed by atoms with E-state index in [0.717, 1.165) is 0 Å². The van der Waals surface area contributed by atoms with Gasteiger partial charge in [0.2, 0.25) is 5.88 Å². The van der Waals surface area contributed by atoms with Crippen molar-refractivity contribution < 1.29 is 14.3 Å². The van der Waals surface area contributed by atoms with Gasteiger partial charge in [-0.3, -0.25) is 4.79 Å². The highest BCUT2D eigenvalue weighted by atomic mass is 35.5. The van der Waals surface area contributed by atoms with Crippen LogP contribution < -0.4 is 10.3 Å². The summed E-state index contributed by atoms with van der Waals surface area (Å²) in [6.45, 7) is 0. The summed E-state index contributed by atoms with van der Waals surface area (Å²) in [5.41, 5.74) is 1.29. The third-order valence-electron chi connectivity index (χ3n) is 4.19. The number of H-pyrrole nitrogens is 1. The number of aromatic amines is 1. The molecule has 144 valence electrons. The van der Waals surface area contributed by atoms with E-state index in [9.17, 15) is 9.59 Å². The summed E-state index contributed by atoms with van der Waals surface area (Å²) in [5, 5.41) is 0.808. The van der Waals surface area contributed by atoms with Crippen LogP contribution in [0.4, 0.5) is 0 Å². The van der Waals surface area contributed by atoms with Crippen LogP contribution in [0.1, 0.15) is 10.4 Å². The Morgan fingerprint density at radius 1 is 1.10 bits per heavy atom. The maximum absolute atomic E-state index is 12.3. The number of benzene rings is 2. The number of ether oxygens (including phenoxy) is 2. The minimum atomic E-state index is -0.495. The molecule has 1 N–H and O–H groups in total. The highest BCUT2D eigenvalue weighted by molar-refractivity contribution is 6.32. The molecule has 4 aromatic rings. The Morgan fingerprint density at radius 2 is 1.93 bits per heavy atom. The SMILES string of the molecule is COC(=O)c1ccnc(Oc2ccc(-c3nc4ccccc4c(=O)[nH]3)cc2Cl)c1. The van der Waals surface area contributed by atoms with E-state index in [4.69, 9.17) is 16.3 Å². The van der Waals surface area contributed by atoms with Gasteiger partial charge in [0.1, 0.15) is 11.6 Å². The molecular formula is C21H14ClN3O4. The van der Waals surface area contributed by atoms with Crippen molar-refractivity contribution in [3.05, 3.63) is 81.7 Å². The van der Waals surface area contributed by atoms with Crippen LogP contribution >= 0.6 is 11.6 Å². The molecule has 0 aliphatic carbocycles. The number of nitrogens with one attached hydrogen (secondary N) is 1. The number of halogens is 1. The number of esters is 1. The summed E-state index contributed by atoms with van der Waals surface area (Å²) >= 11 is 6.35. The zero-order valence-corrected chi connectivity index (χ0v) is 15.9. The maximum Gasteiger partial charge on any atom is 0.338 e. The molecule has 2 aromatic heterocycles. The lowest BCUT2D eigenvalue weighted by atomic mass is 10.2. The molecule has 0 atom stereocenters. The van der Waals surface area contributed by atoms with Crippen LogP contribution in [0, 0.1) is 0 Å². The number of hydrogen-bond donors (Lipinski definition) is 1. The Bertz CT molecular complexity index is 1290. The Morgan fingerprint density at radius 3 is 2.72 bits per heavy atom. The van der Waals surface area contributed by atoms with Gasteiger partial charge in [0.05, 0.1) is 28.6 Å². The van der Waals surface area contributed by atoms with Crippen LogP contribution in [0.15, 0.2) is 65.6 Å².